The lowest BCUT2D eigenvalue weighted by atomic mass is 10.1. The molecule has 1 saturated heterocycles. The molecule has 2 aromatic carbocycles. The van der Waals surface area contributed by atoms with Crippen LogP contribution in [0.5, 0.6) is 0 Å². The maximum absolute atomic E-state index is 13.4. The van der Waals surface area contributed by atoms with E-state index in [-0.39, 0.29) is 24.6 Å². The number of aromatic nitrogens is 5. The van der Waals surface area contributed by atoms with Crippen molar-refractivity contribution in [2.24, 2.45) is 0 Å². The van der Waals surface area contributed by atoms with Crippen LogP contribution in [0.1, 0.15) is 45.7 Å². The molecule has 1 aliphatic rings. The molecule has 0 spiro atoms. The Morgan fingerprint density at radius 3 is 2.52 bits per heavy atom. The fourth-order valence-electron chi connectivity index (χ4n) is 4.85. The lowest BCUT2D eigenvalue weighted by Crippen LogP contribution is -2.45. The molecule has 1 aliphatic heterocycles. The van der Waals surface area contributed by atoms with Crippen LogP contribution in [0.3, 0.4) is 0 Å². The molecular weight excluding hydrogens is 605 g/mol. The third kappa shape index (κ3) is 6.61. The molecule has 2 aromatic heterocycles. The number of alkyl halides is 3. The molecule has 1 fully saturated rings. The Morgan fingerprint density at radius 1 is 1.09 bits per heavy atom. The third-order valence-corrected chi connectivity index (χ3v) is 7.12. The number of hydrogen-bond acceptors (Lipinski definition) is 7. The van der Waals surface area contributed by atoms with E-state index < -0.39 is 46.4 Å². The summed E-state index contributed by atoms with van der Waals surface area (Å²) in [5.41, 5.74) is -0.232. The highest BCUT2D eigenvalue weighted by Gasteiger charge is 2.43. The van der Waals surface area contributed by atoms with Gasteiger partial charge >= 0.3 is 12.3 Å². The van der Waals surface area contributed by atoms with Gasteiger partial charge in [-0.1, -0.05) is 22.9 Å². The molecule has 2 unspecified atom stereocenters. The Balaban J connectivity index is 1.38. The van der Waals surface area contributed by atoms with Crippen molar-refractivity contribution in [2.75, 3.05) is 17.2 Å². The quantitative estimate of drug-likeness (QED) is 0.258. The summed E-state index contributed by atoms with van der Waals surface area (Å²) >= 11 is 5.71. The first-order valence-electron chi connectivity index (χ1n) is 13.4. The summed E-state index contributed by atoms with van der Waals surface area (Å²) in [6.45, 7) is 6.46. The number of H-pyrrole nitrogens is 1. The van der Waals surface area contributed by atoms with Gasteiger partial charge in [0.15, 0.2) is 5.82 Å². The van der Waals surface area contributed by atoms with E-state index in [1.165, 1.54) is 22.6 Å². The molecule has 44 heavy (non-hydrogen) atoms. The summed E-state index contributed by atoms with van der Waals surface area (Å²) in [5.74, 6) is -0.559. The van der Waals surface area contributed by atoms with Crippen LogP contribution < -0.4 is 10.6 Å². The first-order chi connectivity index (χ1) is 20.6. The van der Waals surface area contributed by atoms with Crippen LogP contribution in [0.25, 0.3) is 22.2 Å². The summed E-state index contributed by atoms with van der Waals surface area (Å²) in [6.07, 6.45) is -3.72. The predicted octanol–water partition coefficient (Wildman–Crippen LogP) is 5.64. The topological polar surface area (TPSA) is 147 Å². The third-order valence-electron chi connectivity index (χ3n) is 6.79. The van der Waals surface area contributed by atoms with Gasteiger partial charge in [0, 0.05) is 36.5 Å². The molecule has 16 heteroatoms. The number of aromatic amines is 1. The standard InChI is InChI=1S/C28H28ClF3N8O4/c1-14(41)33-24-18-7-5-15(9-21(18)35-37-24)22-13-40(38-36-22)17-11-23(39(12-17)26(43)44-27(2,3)4)25(42)34-16-6-8-20(29)19(10-16)28(30,31)32/h5-10,13,17,23H,11-12H2,1-4H3,(H,34,42)(H2,33,35,37,41). The largest absolute Gasteiger partial charge is 0.444 e. The van der Waals surface area contributed by atoms with Gasteiger partial charge in [-0.2, -0.15) is 18.3 Å². The Labute approximate surface area is 253 Å². The summed E-state index contributed by atoms with van der Waals surface area (Å²) in [4.78, 5) is 39.2. The number of carbonyl (C=O) groups excluding carboxylic acids is 3. The molecule has 4 aromatic rings. The van der Waals surface area contributed by atoms with Crippen molar-refractivity contribution in [3.63, 3.8) is 0 Å². The zero-order valence-electron chi connectivity index (χ0n) is 24.0. The van der Waals surface area contributed by atoms with Gasteiger partial charge in [0.1, 0.15) is 17.3 Å². The maximum Gasteiger partial charge on any atom is 0.417 e. The Bertz CT molecular complexity index is 1750. The molecule has 2 atom stereocenters. The minimum Gasteiger partial charge on any atom is -0.444 e. The van der Waals surface area contributed by atoms with Crippen LogP contribution in [0, 0.1) is 0 Å². The molecule has 232 valence electrons. The average molecular weight is 633 g/mol. The second-order valence-corrected chi connectivity index (χ2v) is 11.7. The molecule has 3 amide bonds. The van der Waals surface area contributed by atoms with E-state index >= 15 is 0 Å². The normalized spacial score (nSPS) is 17.1. The van der Waals surface area contributed by atoms with Gasteiger partial charge in [0.2, 0.25) is 11.8 Å². The Morgan fingerprint density at radius 2 is 1.84 bits per heavy atom. The van der Waals surface area contributed by atoms with Crippen LogP contribution in [-0.2, 0) is 20.5 Å². The lowest BCUT2D eigenvalue weighted by molar-refractivity contribution is -0.137. The Hall–Kier alpha value is -4.66. The zero-order chi connectivity index (χ0) is 32.0. The van der Waals surface area contributed by atoms with Crippen molar-refractivity contribution in [1.82, 2.24) is 30.1 Å². The van der Waals surface area contributed by atoms with E-state index in [2.05, 4.69) is 31.1 Å². The average Bonchev–Trinajstić information content (AvgIpc) is 3.66. The number of amides is 3. The number of ether oxygens (including phenoxy) is 1. The maximum atomic E-state index is 13.4. The highest BCUT2D eigenvalue weighted by atomic mass is 35.5. The van der Waals surface area contributed by atoms with E-state index in [1.807, 2.05) is 0 Å². The summed E-state index contributed by atoms with van der Waals surface area (Å²) in [7, 11) is 0. The smallest absolute Gasteiger partial charge is 0.417 e. The van der Waals surface area contributed by atoms with Gasteiger partial charge in [-0.25, -0.2) is 9.48 Å². The van der Waals surface area contributed by atoms with Crippen LogP contribution >= 0.6 is 11.6 Å². The zero-order valence-corrected chi connectivity index (χ0v) is 24.7. The molecule has 3 N–H and O–H groups in total. The molecule has 0 radical (unpaired) electrons. The molecule has 0 aliphatic carbocycles. The van der Waals surface area contributed by atoms with Gasteiger partial charge in [-0.3, -0.25) is 19.6 Å². The highest BCUT2D eigenvalue weighted by Crippen LogP contribution is 2.37. The monoisotopic (exact) mass is 632 g/mol. The minimum absolute atomic E-state index is 0.0316. The van der Waals surface area contributed by atoms with E-state index in [1.54, 1.807) is 45.2 Å². The number of halogens is 4. The SMILES string of the molecule is CC(=O)Nc1n[nH]c2cc(-c3cn(C4CC(C(=O)Nc5ccc(Cl)c(C(F)(F)F)c5)N(C(=O)OC(C)(C)C)C4)nn3)ccc12. The first kappa shape index (κ1) is 30.8. The lowest BCUT2D eigenvalue weighted by Gasteiger charge is -2.28. The number of anilines is 2. The van der Waals surface area contributed by atoms with Gasteiger partial charge in [0.25, 0.3) is 0 Å². The molecule has 0 saturated carbocycles. The Kier molecular flexibility index (Phi) is 8.01. The summed E-state index contributed by atoms with van der Waals surface area (Å²) in [6, 6.07) is 6.81. The van der Waals surface area contributed by atoms with Crippen molar-refractivity contribution in [1.29, 1.82) is 0 Å². The van der Waals surface area contributed by atoms with Gasteiger partial charge in [-0.05, 0) is 51.1 Å². The predicted molar refractivity (Wildman–Crippen MR) is 155 cm³/mol. The molecule has 12 nitrogen and oxygen atoms in total. The number of likely N-dealkylation sites (tertiary alicyclic amines) is 1. The minimum atomic E-state index is -4.72. The number of fused-ring (bicyclic) bond motifs is 1. The number of nitrogens with one attached hydrogen (secondary N) is 3. The highest BCUT2D eigenvalue weighted by molar-refractivity contribution is 6.31. The second-order valence-electron chi connectivity index (χ2n) is 11.3. The van der Waals surface area contributed by atoms with Crippen molar-refractivity contribution in [3.8, 4) is 11.3 Å². The number of benzene rings is 2. The number of rotatable bonds is 5. The molecule has 0 bridgehead atoms. The summed E-state index contributed by atoms with van der Waals surface area (Å²) < 4.78 is 47.2. The van der Waals surface area contributed by atoms with Crippen LogP contribution in [0.15, 0.2) is 42.6 Å². The molecular formula is C28H28ClF3N8O4. The van der Waals surface area contributed by atoms with Crippen molar-refractivity contribution >= 4 is 51.9 Å². The summed E-state index contributed by atoms with van der Waals surface area (Å²) in [5, 5.41) is 20.8. The van der Waals surface area contributed by atoms with Crippen molar-refractivity contribution in [3.05, 3.63) is 53.2 Å². The number of hydrogen-bond donors (Lipinski definition) is 3. The van der Waals surface area contributed by atoms with E-state index in [9.17, 15) is 27.6 Å². The van der Waals surface area contributed by atoms with Gasteiger partial charge in [-0.15, -0.1) is 5.10 Å². The number of nitrogens with zero attached hydrogens (tertiary/aromatic N) is 5. The van der Waals surface area contributed by atoms with Crippen molar-refractivity contribution < 1.29 is 32.3 Å². The first-order valence-corrected chi connectivity index (χ1v) is 13.8. The molecule has 5 rings (SSSR count). The fraction of sp³-hybridized carbons (Fsp3) is 0.357. The van der Waals surface area contributed by atoms with E-state index in [0.717, 1.165) is 12.1 Å². The van der Waals surface area contributed by atoms with Crippen molar-refractivity contribution in [2.45, 2.75) is 58.0 Å². The fourth-order valence-corrected chi connectivity index (χ4v) is 5.08. The van der Waals surface area contributed by atoms with Crippen LogP contribution in [-0.4, -0.2) is 66.2 Å². The van der Waals surface area contributed by atoms with Crippen LogP contribution in [0.2, 0.25) is 5.02 Å². The molecule has 3 heterocycles. The number of carbonyl (C=O) groups is 3. The van der Waals surface area contributed by atoms with Gasteiger partial charge in [0.05, 0.1) is 28.3 Å². The van der Waals surface area contributed by atoms with Gasteiger partial charge < -0.3 is 15.4 Å². The van der Waals surface area contributed by atoms with E-state index in [4.69, 9.17) is 16.3 Å². The second kappa shape index (κ2) is 11.4. The van der Waals surface area contributed by atoms with Crippen LogP contribution in [0.4, 0.5) is 29.5 Å². The van der Waals surface area contributed by atoms with E-state index in [0.29, 0.717) is 28.0 Å².